The summed E-state index contributed by atoms with van der Waals surface area (Å²) in [4.78, 5) is 18.4. The average Bonchev–Trinajstić information content (AvgIpc) is 3.26. The first kappa shape index (κ1) is 13.2. The Bertz CT molecular complexity index is 484. The minimum atomic E-state index is 0.0323. The molecule has 0 saturated heterocycles. The van der Waals surface area contributed by atoms with Crippen LogP contribution in [0.2, 0.25) is 10.2 Å². The van der Waals surface area contributed by atoms with Gasteiger partial charge in [0.25, 0.3) is 5.91 Å². The number of rotatable bonds is 5. The van der Waals surface area contributed by atoms with Crippen molar-refractivity contribution in [2.45, 2.75) is 25.7 Å². The van der Waals surface area contributed by atoms with Crippen molar-refractivity contribution in [1.29, 1.82) is 0 Å². The number of pyridine rings is 1. The Kier molecular flexibility index (Phi) is 3.68. The van der Waals surface area contributed by atoms with Gasteiger partial charge in [-0.25, -0.2) is 4.98 Å². The molecule has 0 aliphatic heterocycles. The maximum absolute atomic E-state index is 12.5. The lowest BCUT2D eigenvalue weighted by molar-refractivity contribution is 0.0739. The van der Waals surface area contributed by atoms with Crippen LogP contribution in [0, 0.1) is 11.8 Å². The van der Waals surface area contributed by atoms with Crippen molar-refractivity contribution < 1.29 is 4.79 Å². The van der Waals surface area contributed by atoms with Gasteiger partial charge in [0.2, 0.25) is 0 Å². The second-order valence-corrected chi connectivity index (χ2v) is 6.36. The van der Waals surface area contributed by atoms with Gasteiger partial charge in [-0.1, -0.05) is 23.2 Å². The molecule has 1 aromatic heterocycles. The Hall–Kier alpha value is -0.800. The van der Waals surface area contributed by atoms with Crippen LogP contribution in [0.15, 0.2) is 12.3 Å². The number of halogens is 2. The van der Waals surface area contributed by atoms with E-state index in [1.54, 1.807) is 6.07 Å². The number of carbonyl (C=O) groups is 1. The second-order valence-electron chi connectivity index (χ2n) is 5.59. The standard InChI is InChI=1S/C14H16Cl2N2O/c15-12-5-11(6-17-13(12)16)14(19)18(7-9-1-2-9)8-10-3-4-10/h5-6,9-10H,1-4,7-8H2. The molecule has 0 aromatic carbocycles. The average molecular weight is 299 g/mol. The molecule has 19 heavy (non-hydrogen) atoms. The molecule has 1 aromatic rings. The fourth-order valence-corrected chi connectivity index (χ4v) is 2.46. The van der Waals surface area contributed by atoms with Crippen LogP contribution >= 0.6 is 23.2 Å². The van der Waals surface area contributed by atoms with Crippen LogP contribution in [0.1, 0.15) is 36.0 Å². The van der Waals surface area contributed by atoms with Crippen LogP contribution in [-0.4, -0.2) is 28.9 Å². The van der Waals surface area contributed by atoms with Crippen molar-refractivity contribution in [1.82, 2.24) is 9.88 Å². The summed E-state index contributed by atoms with van der Waals surface area (Å²) in [5.41, 5.74) is 0.538. The van der Waals surface area contributed by atoms with E-state index < -0.39 is 0 Å². The van der Waals surface area contributed by atoms with E-state index in [0.717, 1.165) is 13.1 Å². The highest BCUT2D eigenvalue weighted by Crippen LogP contribution is 2.34. The minimum absolute atomic E-state index is 0.0323. The topological polar surface area (TPSA) is 33.2 Å². The second kappa shape index (κ2) is 5.29. The predicted molar refractivity (Wildman–Crippen MR) is 75.6 cm³/mol. The summed E-state index contributed by atoms with van der Waals surface area (Å²) in [6, 6.07) is 1.62. The molecule has 5 heteroatoms. The fraction of sp³-hybridized carbons (Fsp3) is 0.571. The van der Waals surface area contributed by atoms with Crippen molar-refractivity contribution >= 4 is 29.1 Å². The van der Waals surface area contributed by atoms with Crippen LogP contribution in [-0.2, 0) is 0 Å². The molecule has 1 amide bonds. The Labute approximate surface area is 122 Å². The molecule has 0 radical (unpaired) electrons. The molecule has 0 unspecified atom stereocenters. The molecule has 2 aliphatic rings. The Morgan fingerprint density at radius 3 is 2.26 bits per heavy atom. The molecule has 0 atom stereocenters. The van der Waals surface area contributed by atoms with E-state index in [1.807, 2.05) is 4.90 Å². The van der Waals surface area contributed by atoms with E-state index in [1.165, 1.54) is 31.9 Å². The van der Waals surface area contributed by atoms with Gasteiger partial charge in [-0.05, 0) is 43.6 Å². The van der Waals surface area contributed by atoms with Gasteiger partial charge >= 0.3 is 0 Å². The first-order valence-electron chi connectivity index (χ1n) is 6.74. The number of carbonyl (C=O) groups excluding carboxylic acids is 1. The molecular formula is C14H16Cl2N2O. The molecule has 102 valence electrons. The van der Waals surface area contributed by atoms with Crippen LogP contribution in [0.25, 0.3) is 0 Å². The Balaban J connectivity index is 1.74. The van der Waals surface area contributed by atoms with Gasteiger partial charge in [-0.2, -0.15) is 0 Å². The molecule has 2 saturated carbocycles. The number of hydrogen-bond donors (Lipinski definition) is 0. The molecule has 0 spiro atoms. The van der Waals surface area contributed by atoms with Gasteiger partial charge in [-0.3, -0.25) is 4.79 Å². The summed E-state index contributed by atoms with van der Waals surface area (Å²) in [5, 5.41) is 0.583. The van der Waals surface area contributed by atoms with E-state index in [-0.39, 0.29) is 11.1 Å². The van der Waals surface area contributed by atoms with E-state index in [0.29, 0.717) is 22.4 Å². The lowest BCUT2D eigenvalue weighted by Gasteiger charge is -2.22. The summed E-state index contributed by atoms with van der Waals surface area (Å²) in [6.45, 7) is 1.74. The highest BCUT2D eigenvalue weighted by atomic mass is 35.5. The quantitative estimate of drug-likeness (QED) is 0.778. The van der Waals surface area contributed by atoms with Gasteiger partial charge in [0.1, 0.15) is 5.15 Å². The Morgan fingerprint density at radius 2 is 1.79 bits per heavy atom. The van der Waals surface area contributed by atoms with E-state index in [4.69, 9.17) is 23.2 Å². The zero-order chi connectivity index (χ0) is 13.4. The highest BCUT2D eigenvalue weighted by molar-refractivity contribution is 6.41. The van der Waals surface area contributed by atoms with Gasteiger partial charge in [0.15, 0.2) is 0 Å². The monoisotopic (exact) mass is 298 g/mol. The molecule has 3 nitrogen and oxygen atoms in total. The zero-order valence-electron chi connectivity index (χ0n) is 10.6. The van der Waals surface area contributed by atoms with E-state index in [9.17, 15) is 4.79 Å². The third-order valence-corrected chi connectivity index (χ3v) is 4.37. The molecule has 2 aliphatic carbocycles. The largest absolute Gasteiger partial charge is 0.338 e. The van der Waals surface area contributed by atoms with Crippen LogP contribution < -0.4 is 0 Å². The smallest absolute Gasteiger partial charge is 0.255 e. The third-order valence-electron chi connectivity index (χ3n) is 3.68. The Morgan fingerprint density at radius 1 is 1.21 bits per heavy atom. The number of aromatic nitrogens is 1. The summed E-state index contributed by atoms with van der Waals surface area (Å²) in [5.74, 6) is 1.42. The van der Waals surface area contributed by atoms with E-state index in [2.05, 4.69) is 4.98 Å². The zero-order valence-corrected chi connectivity index (χ0v) is 12.1. The maximum Gasteiger partial charge on any atom is 0.255 e. The lowest BCUT2D eigenvalue weighted by atomic mass is 10.2. The van der Waals surface area contributed by atoms with Crippen molar-refractivity contribution in [3.05, 3.63) is 28.0 Å². The number of amides is 1. The summed E-state index contributed by atoms with van der Waals surface area (Å²) in [7, 11) is 0. The molecule has 0 N–H and O–H groups in total. The van der Waals surface area contributed by atoms with Crippen LogP contribution in [0.5, 0.6) is 0 Å². The molecule has 0 bridgehead atoms. The van der Waals surface area contributed by atoms with Crippen LogP contribution in [0.4, 0.5) is 0 Å². The predicted octanol–water partition coefficient (Wildman–Crippen LogP) is 3.65. The van der Waals surface area contributed by atoms with E-state index >= 15 is 0 Å². The van der Waals surface area contributed by atoms with Crippen LogP contribution in [0.3, 0.4) is 0 Å². The van der Waals surface area contributed by atoms with Gasteiger partial charge in [-0.15, -0.1) is 0 Å². The fourth-order valence-electron chi connectivity index (χ4n) is 2.19. The summed E-state index contributed by atoms with van der Waals surface area (Å²) in [6.07, 6.45) is 6.49. The molecule has 3 rings (SSSR count). The van der Waals surface area contributed by atoms with Crippen molar-refractivity contribution in [3.63, 3.8) is 0 Å². The highest BCUT2D eigenvalue weighted by Gasteiger charge is 2.32. The number of hydrogen-bond acceptors (Lipinski definition) is 2. The summed E-state index contributed by atoms with van der Waals surface area (Å²) < 4.78 is 0. The summed E-state index contributed by atoms with van der Waals surface area (Å²) >= 11 is 11.7. The molecule has 2 fully saturated rings. The third kappa shape index (κ3) is 3.40. The molecule has 1 heterocycles. The van der Waals surface area contributed by atoms with Gasteiger partial charge < -0.3 is 4.90 Å². The van der Waals surface area contributed by atoms with Gasteiger partial charge in [0.05, 0.1) is 10.6 Å². The number of nitrogens with zero attached hydrogens (tertiary/aromatic N) is 2. The van der Waals surface area contributed by atoms with Crippen molar-refractivity contribution in [2.75, 3.05) is 13.1 Å². The SMILES string of the molecule is O=C(c1cnc(Cl)c(Cl)c1)N(CC1CC1)CC1CC1. The normalized spacial score (nSPS) is 18.4. The maximum atomic E-state index is 12.5. The van der Waals surface area contributed by atoms with Crippen molar-refractivity contribution in [3.8, 4) is 0 Å². The molecular weight excluding hydrogens is 283 g/mol. The lowest BCUT2D eigenvalue weighted by Crippen LogP contribution is -2.34. The first-order chi connectivity index (χ1) is 9.13. The van der Waals surface area contributed by atoms with Gasteiger partial charge in [0, 0.05) is 19.3 Å². The van der Waals surface area contributed by atoms with Crippen molar-refractivity contribution in [2.24, 2.45) is 11.8 Å². The minimum Gasteiger partial charge on any atom is -0.338 e. The first-order valence-corrected chi connectivity index (χ1v) is 7.49.